The van der Waals surface area contributed by atoms with Crippen LogP contribution in [-0.4, -0.2) is 18.9 Å². The summed E-state index contributed by atoms with van der Waals surface area (Å²) in [5.41, 5.74) is 0. The molecule has 0 saturated carbocycles. The lowest BCUT2D eigenvalue weighted by molar-refractivity contribution is -0.143. The van der Waals surface area contributed by atoms with Crippen LogP contribution in [0.25, 0.3) is 0 Å². The van der Waals surface area contributed by atoms with Crippen molar-refractivity contribution in [3.63, 3.8) is 0 Å². The molecule has 0 spiro atoms. The molecule has 0 heterocycles. The topological polar surface area (TPSA) is 43.4 Å². The minimum absolute atomic E-state index is 0.177. The Balaban J connectivity index is 3.64. The van der Waals surface area contributed by atoms with Crippen molar-refractivity contribution < 1.29 is 14.3 Å². The van der Waals surface area contributed by atoms with Crippen molar-refractivity contribution in [1.82, 2.24) is 0 Å². The molecule has 0 saturated heterocycles. The Bertz CT molecular complexity index is 199. The van der Waals surface area contributed by atoms with E-state index in [1.54, 1.807) is 6.92 Å². The van der Waals surface area contributed by atoms with Crippen LogP contribution in [0.2, 0.25) is 0 Å². The molecule has 0 fully saturated rings. The molecule has 0 bridgehead atoms. The van der Waals surface area contributed by atoms with E-state index in [1.807, 2.05) is 0 Å². The quantitative estimate of drug-likeness (QED) is 0.461. The molecule has 0 rings (SSSR count). The SMILES string of the molecule is CCCCCCC(=O)C(C)CC(=O)OC. The first-order valence-electron chi connectivity index (χ1n) is 5.71. The number of unbranched alkanes of at least 4 members (excludes halogenated alkanes) is 3. The van der Waals surface area contributed by atoms with Crippen LogP contribution in [0.15, 0.2) is 0 Å². The van der Waals surface area contributed by atoms with Gasteiger partial charge in [0.2, 0.25) is 0 Å². The number of hydrogen-bond donors (Lipinski definition) is 0. The van der Waals surface area contributed by atoms with Gasteiger partial charge in [-0.05, 0) is 6.42 Å². The Morgan fingerprint density at radius 2 is 1.87 bits per heavy atom. The van der Waals surface area contributed by atoms with Crippen molar-refractivity contribution in [2.75, 3.05) is 7.11 Å². The largest absolute Gasteiger partial charge is 0.469 e. The minimum Gasteiger partial charge on any atom is -0.469 e. The van der Waals surface area contributed by atoms with Gasteiger partial charge in [-0.1, -0.05) is 33.1 Å². The normalized spacial score (nSPS) is 12.2. The number of esters is 1. The van der Waals surface area contributed by atoms with E-state index in [2.05, 4.69) is 11.7 Å². The summed E-state index contributed by atoms with van der Waals surface area (Å²) in [5.74, 6) is -0.319. The number of rotatable bonds is 8. The number of ether oxygens (including phenoxy) is 1. The fourth-order valence-electron chi connectivity index (χ4n) is 1.42. The van der Waals surface area contributed by atoms with Crippen LogP contribution in [0.4, 0.5) is 0 Å². The van der Waals surface area contributed by atoms with Gasteiger partial charge >= 0.3 is 5.97 Å². The van der Waals surface area contributed by atoms with Crippen molar-refractivity contribution in [1.29, 1.82) is 0 Å². The zero-order chi connectivity index (χ0) is 11.7. The molecule has 0 aromatic carbocycles. The molecular weight excluding hydrogens is 192 g/mol. The lowest BCUT2D eigenvalue weighted by Crippen LogP contribution is -2.16. The summed E-state index contributed by atoms with van der Waals surface area (Å²) >= 11 is 0. The predicted molar refractivity (Wildman–Crippen MR) is 59.6 cm³/mol. The Morgan fingerprint density at radius 1 is 1.20 bits per heavy atom. The van der Waals surface area contributed by atoms with Gasteiger partial charge in [-0.3, -0.25) is 9.59 Å². The molecule has 0 radical (unpaired) electrons. The van der Waals surface area contributed by atoms with Gasteiger partial charge in [-0.2, -0.15) is 0 Å². The summed E-state index contributed by atoms with van der Waals surface area (Å²) in [7, 11) is 1.35. The smallest absolute Gasteiger partial charge is 0.306 e. The Morgan fingerprint density at radius 3 is 2.40 bits per heavy atom. The lowest BCUT2D eigenvalue weighted by atomic mass is 9.98. The average molecular weight is 214 g/mol. The fourth-order valence-corrected chi connectivity index (χ4v) is 1.42. The number of Topliss-reactive ketones (excluding diaryl/α,β-unsaturated/α-hetero) is 1. The van der Waals surface area contributed by atoms with E-state index in [-0.39, 0.29) is 24.1 Å². The second-order valence-electron chi connectivity index (χ2n) is 3.96. The molecule has 3 nitrogen and oxygen atoms in total. The summed E-state index contributed by atoms with van der Waals surface area (Å²) in [6, 6.07) is 0. The number of methoxy groups -OCH3 is 1. The monoisotopic (exact) mass is 214 g/mol. The molecule has 0 aromatic heterocycles. The predicted octanol–water partition coefficient (Wildman–Crippen LogP) is 2.73. The van der Waals surface area contributed by atoms with Crippen molar-refractivity contribution in [2.45, 2.75) is 52.4 Å². The first kappa shape index (κ1) is 14.1. The summed E-state index contributed by atoms with van der Waals surface area (Å²) < 4.78 is 4.52. The maximum absolute atomic E-state index is 11.5. The molecule has 0 aliphatic rings. The third kappa shape index (κ3) is 7.11. The standard InChI is InChI=1S/C12H22O3/c1-4-5-6-7-8-11(13)10(2)9-12(14)15-3/h10H,4-9H2,1-3H3. The van der Waals surface area contributed by atoms with Crippen LogP contribution < -0.4 is 0 Å². The maximum Gasteiger partial charge on any atom is 0.306 e. The van der Waals surface area contributed by atoms with Crippen LogP contribution in [0.3, 0.4) is 0 Å². The third-order valence-corrected chi connectivity index (χ3v) is 2.53. The maximum atomic E-state index is 11.5. The van der Waals surface area contributed by atoms with Crippen LogP contribution in [0, 0.1) is 5.92 Å². The van der Waals surface area contributed by atoms with Crippen molar-refractivity contribution >= 4 is 11.8 Å². The van der Waals surface area contributed by atoms with Gasteiger partial charge in [0.05, 0.1) is 13.5 Å². The molecule has 0 aromatic rings. The van der Waals surface area contributed by atoms with E-state index in [0.29, 0.717) is 6.42 Å². The van der Waals surface area contributed by atoms with Crippen LogP contribution >= 0.6 is 0 Å². The fraction of sp³-hybridized carbons (Fsp3) is 0.833. The highest BCUT2D eigenvalue weighted by Gasteiger charge is 2.16. The number of carbonyl (C=O) groups excluding carboxylic acids is 2. The van der Waals surface area contributed by atoms with E-state index in [1.165, 1.54) is 20.0 Å². The number of ketones is 1. The summed E-state index contributed by atoms with van der Waals surface area (Å²) in [6.07, 6.45) is 5.21. The van der Waals surface area contributed by atoms with Gasteiger partial charge in [-0.25, -0.2) is 0 Å². The van der Waals surface area contributed by atoms with Gasteiger partial charge in [0, 0.05) is 12.3 Å². The molecule has 15 heavy (non-hydrogen) atoms. The van der Waals surface area contributed by atoms with Gasteiger partial charge in [-0.15, -0.1) is 0 Å². The Kier molecular flexibility index (Phi) is 7.96. The van der Waals surface area contributed by atoms with E-state index < -0.39 is 0 Å². The highest BCUT2D eigenvalue weighted by Crippen LogP contribution is 2.11. The Hall–Kier alpha value is -0.860. The van der Waals surface area contributed by atoms with Crippen LogP contribution in [0.1, 0.15) is 52.4 Å². The lowest BCUT2D eigenvalue weighted by Gasteiger charge is -2.08. The van der Waals surface area contributed by atoms with Gasteiger partial charge in [0.25, 0.3) is 0 Å². The van der Waals surface area contributed by atoms with Crippen molar-refractivity contribution in [3.05, 3.63) is 0 Å². The number of carbonyl (C=O) groups is 2. The van der Waals surface area contributed by atoms with Crippen LogP contribution in [-0.2, 0) is 14.3 Å². The molecule has 0 amide bonds. The molecule has 88 valence electrons. The summed E-state index contributed by atoms with van der Waals surface area (Å²) in [6.45, 7) is 3.93. The Labute approximate surface area is 92.2 Å². The number of hydrogen-bond acceptors (Lipinski definition) is 3. The van der Waals surface area contributed by atoms with Gasteiger partial charge in [0.15, 0.2) is 0 Å². The van der Waals surface area contributed by atoms with Crippen molar-refractivity contribution in [2.24, 2.45) is 5.92 Å². The molecule has 3 heteroatoms. The molecule has 1 unspecified atom stereocenters. The minimum atomic E-state index is -0.301. The molecule has 0 aliphatic heterocycles. The zero-order valence-corrected chi connectivity index (χ0v) is 10.0. The van der Waals surface area contributed by atoms with E-state index in [4.69, 9.17) is 0 Å². The second-order valence-corrected chi connectivity index (χ2v) is 3.96. The summed E-state index contributed by atoms with van der Waals surface area (Å²) in [5, 5.41) is 0. The van der Waals surface area contributed by atoms with Crippen molar-refractivity contribution in [3.8, 4) is 0 Å². The van der Waals surface area contributed by atoms with E-state index >= 15 is 0 Å². The van der Waals surface area contributed by atoms with E-state index in [9.17, 15) is 9.59 Å². The summed E-state index contributed by atoms with van der Waals surface area (Å²) in [4.78, 5) is 22.5. The molecular formula is C12H22O3. The van der Waals surface area contributed by atoms with Crippen LogP contribution in [0.5, 0.6) is 0 Å². The van der Waals surface area contributed by atoms with Gasteiger partial charge < -0.3 is 4.74 Å². The van der Waals surface area contributed by atoms with E-state index in [0.717, 1.165) is 12.8 Å². The molecule has 0 N–H and O–H groups in total. The van der Waals surface area contributed by atoms with Gasteiger partial charge in [0.1, 0.15) is 5.78 Å². The highest BCUT2D eigenvalue weighted by atomic mass is 16.5. The molecule has 1 atom stereocenters. The highest BCUT2D eigenvalue weighted by molar-refractivity contribution is 5.84. The average Bonchev–Trinajstić information content (AvgIpc) is 2.23. The second kappa shape index (κ2) is 8.45. The molecule has 0 aliphatic carbocycles. The third-order valence-electron chi connectivity index (χ3n) is 2.53. The first-order chi connectivity index (χ1) is 7.11. The zero-order valence-electron chi connectivity index (χ0n) is 10.0. The first-order valence-corrected chi connectivity index (χ1v) is 5.71.